The number of nitrogens with zero attached hydrogens (tertiary/aromatic N) is 3. The minimum atomic E-state index is 0.264. The maximum absolute atomic E-state index is 6.03. The van der Waals surface area contributed by atoms with Gasteiger partial charge in [0.05, 0.1) is 12.6 Å². The van der Waals surface area contributed by atoms with Gasteiger partial charge in [0, 0.05) is 43.7 Å². The monoisotopic (exact) mass is 364 g/mol. The van der Waals surface area contributed by atoms with E-state index in [9.17, 15) is 0 Å². The molecular formula is C19H29ClN4O. The predicted octanol–water partition coefficient (Wildman–Crippen LogP) is 2.63. The van der Waals surface area contributed by atoms with E-state index in [1.54, 1.807) is 0 Å². The van der Waals surface area contributed by atoms with Crippen molar-refractivity contribution in [3.63, 3.8) is 0 Å². The molecule has 1 aromatic carbocycles. The van der Waals surface area contributed by atoms with Gasteiger partial charge in [0.2, 0.25) is 0 Å². The fourth-order valence-corrected chi connectivity index (χ4v) is 4.02. The average Bonchev–Trinajstić information content (AvgIpc) is 3.23. The number of hydrogen-bond donors (Lipinski definition) is 1. The van der Waals surface area contributed by atoms with E-state index in [2.05, 4.69) is 46.3 Å². The number of benzene rings is 1. The quantitative estimate of drug-likeness (QED) is 0.658. The van der Waals surface area contributed by atoms with Crippen LogP contribution in [0.1, 0.15) is 24.4 Å². The highest BCUT2D eigenvalue weighted by Crippen LogP contribution is 2.38. The number of halogens is 1. The van der Waals surface area contributed by atoms with Crippen molar-refractivity contribution >= 4 is 17.6 Å². The number of rotatable bonds is 4. The van der Waals surface area contributed by atoms with Crippen LogP contribution in [0.25, 0.3) is 0 Å². The first kappa shape index (κ1) is 18.5. The first-order valence-corrected chi connectivity index (χ1v) is 9.36. The topological polar surface area (TPSA) is 40.1 Å². The highest BCUT2D eigenvalue weighted by atomic mass is 35.5. The molecule has 1 N–H and O–H groups in total. The molecule has 0 bridgehead atoms. The van der Waals surface area contributed by atoms with Gasteiger partial charge in [-0.2, -0.15) is 0 Å². The summed E-state index contributed by atoms with van der Waals surface area (Å²) in [5, 5.41) is 4.34. The largest absolute Gasteiger partial charge is 0.381 e. The smallest absolute Gasteiger partial charge is 0.193 e. The van der Waals surface area contributed by atoms with Crippen molar-refractivity contribution in [3.05, 3.63) is 34.9 Å². The zero-order valence-corrected chi connectivity index (χ0v) is 16.2. The minimum Gasteiger partial charge on any atom is -0.381 e. The van der Waals surface area contributed by atoms with Crippen LogP contribution in [0, 0.1) is 5.41 Å². The molecule has 25 heavy (non-hydrogen) atoms. The third-order valence-corrected chi connectivity index (χ3v) is 5.72. The summed E-state index contributed by atoms with van der Waals surface area (Å²) < 4.78 is 5.64. The van der Waals surface area contributed by atoms with Crippen LogP contribution in [0.5, 0.6) is 0 Å². The Hall–Kier alpha value is -1.30. The molecule has 2 saturated heterocycles. The molecule has 0 aromatic heterocycles. The second-order valence-electron chi connectivity index (χ2n) is 7.43. The zero-order chi connectivity index (χ0) is 17.9. The molecule has 0 radical (unpaired) electrons. The van der Waals surface area contributed by atoms with Crippen molar-refractivity contribution in [2.75, 3.05) is 54.0 Å². The van der Waals surface area contributed by atoms with Gasteiger partial charge in [0.15, 0.2) is 5.96 Å². The average molecular weight is 365 g/mol. The fourth-order valence-electron chi connectivity index (χ4n) is 3.89. The Morgan fingerprint density at radius 2 is 2.12 bits per heavy atom. The van der Waals surface area contributed by atoms with Crippen molar-refractivity contribution in [3.8, 4) is 0 Å². The Labute approximate surface area is 156 Å². The summed E-state index contributed by atoms with van der Waals surface area (Å²) in [6, 6.07) is 8.36. The number of aliphatic imine (C=N–C) groups is 1. The van der Waals surface area contributed by atoms with Gasteiger partial charge in [0.25, 0.3) is 0 Å². The Morgan fingerprint density at radius 3 is 2.72 bits per heavy atom. The fraction of sp³-hybridized carbons (Fsp3) is 0.632. The molecular weight excluding hydrogens is 336 g/mol. The first-order chi connectivity index (χ1) is 12.0. The molecule has 2 aliphatic rings. The standard InChI is InChI=1S/C19H29ClN4O/c1-21-18(24-10-8-19(13-24)9-11-25-14-19)22-12-17(23(2)3)15-4-6-16(20)7-5-15/h4-7,17H,8-14H2,1-3H3,(H,21,22). The van der Waals surface area contributed by atoms with Crippen LogP contribution in [-0.4, -0.2) is 69.8 Å². The van der Waals surface area contributed by atoms with Crippen LogP contribution in [0.3, 0.4) is 0 Å². The number of likely N-dealkylation sites (N-methyl/N-ethyl adjacent to an activating group) is 1. The molecule has 2 aliphatic heterocycles. The summed E-state index contributed by atoms with van der Waals surface area (Å²) in [6.07, 6.45) is 2.37. The van der Waals surface area contributed by atoms with E-state index in [1.807, 2.05) is 19.2 Å². The second-order valence-corrected chi connectivity index (χ2v) is 7.87. The number of guanidine groups is 1. The first-order valence-electron chi connectivity index (χ1n) is 8.98. The lowest BCUT2D eigenvalue weighted by molar-refractivity contribution is 0.156. The number of likely N-dealkylation sites (tertiary alicyclic amines) is 1. The summed E-state index contributed by atoms with van der Waals surface area (Å²) in [7, 11) is 6.07. The van der Waals surface area contributed by atoms with Gasteiger partial charge in [0.1, 0.15) is 0 Å². The number of hydrogen-bond acceptors (Lipinski definition) is 3. The van der Waals surface area contributed by atoms with Crippen molar-refractivity contribution < 1.29 is 4.74 Å². The Balaban J connectivity index is 1.62. The summed E-state index contributed by atoms with van der Waals surface area (Å²) in [4.78, 5) is 9.11. The highest BCUT2D eigenvalue weighted by Gasteiger charge is 2.42. The van der Waals surface area contributed by atoms with Crippen molar-refractivity contribution in [2.45, 2.75) is 18.9 Å². The van der Waals surface area contributed by atoms with Gasteiger partial charge in [-0.15, -0.1) is 0 Å². The molecule has 6 heteroatoms. The van der Waals surface area contributed by atoms with Gasteiger partial charge in [-0.25, -0.2) is 0 Å². The van der Waals surface area contributed by atoms with E-state index >= 15 is 0 Å². The van der Waals surface area contributed by atoms with Crippen LogP contribution in [0.2, 0.25) is 5.02 Å². The predicted molar refractivity (Wildman–Crippen MR) is 103 cm³/mol. The van der Waals surface area contributed by atoms with Gasteiger partial charge < -0.3 is 19.9 Å². The molecule has 2 heterocycles. The van der Waals surface area contributed by atoms with Crippen LogP contribution < -0.4 is 5.32 Å². The third kappa shape index (κ3) is 4.27. The summed E-state index contributed by atoms with van der Waals surface area (Å²) in [6.45, 7) is 4.70. The molecule has 0 amide bonds. The van der Waals surface area contributed by atoms with E-state index in [-0.39, 0.29) is 6.04 Å². The molecule has 2 fully saturated rings. The SMILES string of the molecule is CN=C(NCC(c1ccc(Cl)cc1)N(C)C)N1CCC2(CCOC2)C1. The molecule has 0 saturated carbocycles. The van der Waals surface area contributed by atoms with Gasteiger partial charge >= 0.3 is 0 Å². The van der Waals surface area contributed by atoms with Crippen molar-refractivity contribution in [1.82, 2.24) is 15.1 Å². The third-order valence-electron chi connectivity index (χ3n) is 5.47. The summed E-state index contributed by atoms with van der Waals surface area (Å²) in [5.41, 5.74) is 1.59. The molecule has 1 spiro atoms. The maximum atomic E-state index is 6.03. The Kier molecular flexibility index (Phi) is 5.87. The highest BCUT2D eigenvalue weighted by molar-refractivity contribution is 6.30. The van der Waals surface area contributed by atoms with E-state index in [0.717, 1.165) is 43.8 Å². The minimum absolute atomic E-state index is 0.264. The maximum Gasteiger partial charge on any atom is 0.193 e. The van der Waals surface area contributed by atoms with Gasteiger partial charge in [-0.3, -0.25) is 4.99 Å². The zero-order valence-electron chi connectivity index (χ0n) is 15.5. The van der Waals surface area contributed by atoms with Crippen LogP contribution in [-0.2, 0) is 4.74 Å². The normalized spacial score (nSPS) is 25.2. The van der Waals surface area contributed by atoms with Crippen LogP contribution >= 0.6 is 11.6 Å². The Morgan fingerprint density at radius 1 is 1.36 bits per heavy atom. The van der Waals surface area contributed by atoms with Crippen LogP contribution in [0.4, 0.5) is 0 Å². The van der Waals surface area contributed by atoms with E-state index < -0.39 is 0 Å². The lowest BCUT2D eigenvalue weighted by Gasteiger charge is -2.29. The van der Waals surface area contributed by atoms with E-state index in [0.29, 0.717) is 5.41 Å². The van der Waals surface area contributed by atoms with E-state index in [1.165, 1.54) is 18.4 Å². The lowest BCUT2D eigenvalue weighted by atomic mass is 9.87. The van der Waals surface area contributed by atoms with Gasteiger partial charge in [-0.1, -0.05) is 23.7 Å². The lowest BCUT2D eigenvalue weighted by Crippen LogP contribution is -2.44. The second kappa shape index (κ2) is 7.94. The molecule has 1 aromatic rings. The molecule has 0 aliphatic carbocycles. The molecule has 2 unspecified atom stereocenters. The number of ether oxygens (including phenoxy) is 1. The van der Waals surface area contributed by atoms with Crippen LogP contribution in [0.15, 0.2) is 29.3 Å². The van der Waals surface area contributed by atoms with Crippen molar-refractivity contribution in [1.29, 1.82) is 0 Å². The molecule has 138 valence electrons. The van der Waals surface area contributed by atoms with E-state index in [4.69, 9.17) is 16.3 Å². The molecule has 5 nitrogen and oxygen atoms in total. The molecule has 2 atom stereocenters. The molecule has 3 rings (SSSR count). The number of nitrogens with one attached hydrogen (secondary N) is 1. The summed E-state index contributed by atoms with van der Waals surface area (Å²) in [5.74, 6) is 0.990. The van der Waals surface area contributed by atoms with Gasteiger partial charge in [-0.05, 0) is 44.6 Å². The summed E-state index contributed by atoms with van der Waals surface area (Å²) >= 11 is 6.03. The van der Waals surface area contributed by atoms with Crippen molar-refractivity contribution in [2.24, 2.45) is 10.4 Å². The Bertz CT molecular complexity index is 596.